The Morgan fingerprint density at radius 1 is 1.39 bits per heavy atom. The van der Waals surface area contributed by atoms with Gasteiger partial charge in [-0.05, 0) is 25.5 Å². The van der Waals surface area contributed by atoms with E-state index in [0.29, 0.717) is 18.8 Å². The Morgan fingerprint density at radius 2 is 2.06 bits per heavy atom. The van der Waals surface area contributed by atoms with Crippen LogP contribution < -0.4 is 4.72 Å². The Hall–Kier alpha value is -0.620. The van der Waals surface area contributed by atoms with E-state index in [1.165, 1.54) is 0 Å². The summed E-state index contributed by atoms with van der Waals surface area (Å²) in [4.78, 5) is 0.225. The molecular weight excluding hydrogens is 274 g/mol. The summed E-state index contributed by atoms with van der Waals surface area (Å²) >= 11 is 5.74. The van der Waals surface area contributed by atoms with Crippen LogP contribution in [0.15, 0.2) is 29.2 Å². The predicted octanol–water partition coefficient (Wildman–Crippen LogP) is 2.13. The second-order valence-electron chi connectivity index (χ2n) is 3.92. The SMILES string of the molecule is CCOCC(C)NS(=O)(=O)c1ccccc1CCl. The highest BCUT2D eigenvalue weighted by atomic mass is 35.5. The van der Waals surface area contributed by atoms with Crippen LogP contribution in [0.4, 0.5) is 0 Å². The standard InChI is InChI=1S/C12H18ClNO3S/c1-3-17-9-10(2)14-18(15,16)12-7-5-4-6-11(12)8-13/h4-7,10,14H,3,8-9H2,1-2H3. The lowest BCUT2D eigenvalue weighted by Gasteiger charge is -2.15. The molecule has 0 saturated heterocycles. The average molecular weight is 292 g/mol. The van der Waals surface area contributed by atoms with Crippen molar-refractivity contribution < 1.29 is 13.2 Å². The minimum Gasteiger partial charge on any atom is -0.380 e. The van der Waals surface area contributed by atoms with Crippen molar-refractivity contribution in [2.45, 2.75) is 30.7 Å². The molecule has 6 heteroatoms. The monoisotopic (exact) mass is 291 g/mol. The fraction of sp³-hybridized carbons (Fsp3) is 0.500. The largest absolute Gasteiger partial charge is 0.380 e. The zero-order valence-electron chi connectivity index (χ0n) is 10.5. The molecule has 0 fully saturated rings. The van der Waals surface area contributed by atoms with Gasteiger partial charge in [0.1, 0.15) is 0 Å². The van der Waals surface area contributed by atoms with E-state index in [2.05, 4.69) is 4.72 Å². The van der Waals surface area contributed by atoms with Gasteiger partial charge in [0.25, 0.3) is 0 Å². The van der Waals surface area contributed by atoms with Crippen molar-refractivity contribution in [1.82, 2.24) is 4.72 Å². The van der Waals surface area contributed by atoms with Crippen LogP contribution in [0.3, 0.4) is 0 Å². The first-order chi connectivity index (χ1) is 8.51. The summed E-state index contributed by atoms with van der Waals surface area (Å²) in [6.45, 7) is 4.53. The Kier molecular flexibility index (Phi) is 6.08. The first-order valence-electron chi connectivity index (χ1n) is 5.75. The third-order valence-corrected chi connectivity index (χ3v) is 4.31. The van der Waals surface area contributed by atoms with Gasteiger partial charge in [-0.15, -0.1) is 11.6 Å². The van der Waals surface area contributed by atoms with Crippen LogP contribution in [-0.2, 0) is 20.6 Å². The second-order valence-corrected chi connectivity index (χ2v) is 5.87. The Labute approximate surface area is 113 Å². The van der Waals surface area contributed by atoms with Crippen LogP contribution in [0.2, 0.25) is 0 Å². The van der Waals surface area contributed by atoms with E-state index < -0.39 is 10.0 Å². The number of rotatable bonds is 7. The topological polar surface area (TPSA) is 55.4 Å². The fourth-order valence-corrected chi connectivity index (χ4v) is 3.31. The lowest BCUT2D eigenvalue weighted by atomic mass is 10.2. The van der Waals surface area contributed by atoms with E-state index >= 15 is 0 Å². The van der Waals surface area contributed by atoms with Gasteiger partial charge >= 0.3 is 0 Å². The van der Waals surface area contributed by atoms with Gasteiger partial charge in [-0.2, -0.15) is 0 Å². The Bertz CT molecular complexity index is 476. The van der Waals surface area contributed by atoms with Crippen molar-refractivity contribution >= 4 is 21.6 Å². The molecule has 1 aromatic rings. The maximum atomic E-state index is 12.2. The fourth-order valence-electron chi connectivity index (χ4n) is 1.53. The average Bonchev–Trinajstić information content (AvgIpc) is 2.35. The summed E-state index contributed by atoms with van der Waals surface area (Å²) in [5.74, 6) is 0.164. The van der Waals surface area contributed by atoms with E-state index in [1.54, 1.807) is 31.2 Å². The van der Waals surface area contributed by atoms with Crippen molar-refractivity contribution in [3.8, 4) is 0 Å². The number of nitrogens with one attached hydrogen (secondary N) is 1. The predicted molar refractivity (Wildman–Crippen MR) is 72.3 cm³/mol. The van der Waals surface area contributed by atoms with Gasteiger partial charge in [-0.25, -0.2) is 13.1 Å². The van der Waals surface area contributed by atoms with Gasteiger partial charge in [-0.3, -0.25) is 0 Å². The molecule has 1 atom stereocenters. The highest BCUT2D eigenvalue weighted by molar-refractivity contribution is 7.89. The van der Waals surface area contributed by atoms with Crippen molar-refractivity contribution in [2.24, 2.45) is 0 Å². The normalized spacial score (nSPS) is 13.5. The van der Waals surface area contributed by atoms with Gasteiger partial charge in [-0.1, -0.05) is 18.2 Å². The van der Waals surface area contributed by atoms with E-state index in [4.69, 9.17) is 16.3 Å². The molecule has 0 saturated carbocycles. The van der Waals surface area contributed by atoms with Crippen molar-refractivity contribution in [3.63, 3.8) is 0 Å². The molecular formula is C12H18ClNO3S. The van der Waals surface area contributed by atoms with Crippen LogP contribution in [0.25, 0.3) is 0 Å². The minimum atomic E-state index is -3.55. The number of benzene rings is 1. The Balaban J connectivity index is 2.86. The molecule has 0 heterocycles. The number of hydrogen-bond acceptors (Lipinski definition) is 3. The Morgan fingerprint density at radius 3 is 2.67 bits per heavy atom. The van der Waals surface area contributed by atoms with Crippen LogP contribution in [0.1, 0.15) is 19.4 Å². The molecule has 0 radical (unpaired) electrons. The number of halogens is 1. The molecule has 1 N–H and O–H groups in total. The molecule has 1 unspecified atom stereocenters. The molecule has 0 amide bonds. The highest BCUT2D eigenvalue weighted by Gasteiger charge is 2.20. The van der Waals surface area contributed by atoms with Crippen LogP contribution in [0, 0.1) is 0 Å². The summed E-state index contributed by atoms with van der Waals surface area (Å²) in [6, 6.07) is 6.42. The summed E-state index contributed by atoms with van der Waals surface area (Å²) in [7, 11) is -3.55. The highest BCUT2D eigenvalue weighted by Crippen LogP contribution is 2.17. The van der Waals surface area contributed by atoms with Crippen molar-refractivity contribution in [3.05, 3.63) is 29.8 Å². The molecule has 1 aromatic carbocycles. The molecule has 102 valence electrons. The number of hydrogen-bond donors (Lipinski definition) is 1. The van der Waals surface area contributed by atoms with Gasteiger partial charge in [0, 0.05) is 18.5 Å². The quantitative estimate of drug-likeness (QED) is 0.783. The van der Waals surface area contributed by atoms with Gasteiger partial charge in [0.2, 0.25) is 10.0 Å². The lowest BCUT2D eigenvalue weighted by molar-refractivity contribution is 0.133. The van der Waals surface area contributed by atoms with Crippen molar-refractivity contribution in [2.75, 3.05) is 13.2 Å². The lowest BCUT2D eigenvalue weighted by Crippen LogP contribution is -2.36. The van der Waals surface area contributed by atoms with Crippen LogP contribution in [0.5, 0.6) is 0 Å². The van der Waals surface area contributed by atoms with E-state index in [0.717, 1.165) is 0 Å². The summed E-state index contributed by atoms with van der Waals surface area (Å²) in [5.41, 5.74) is 0.593. The number of ether oxygens (including phenoxy) is 1. The third kappa shape index (κ3) is 4.24. The van der Waals surface area contributed by atoms with E-state index in [1.807, 2.05) is 6.92 Å². The van der Waals surface area contributed by atoms with Crippen LogP contribution >= 0.6 is 11.6 Å². The number of sulfonamides is 1. The summed E-state index contributed by atoms with van der Waals surface area (Å²) in [6.07, 6.45) is 0. The molecule has 1 rings (SSSR count). The van der Waals surface area contributed by atoms with Gasteiger partial charge in [0.05, 0.1) is 11.5 Å². The maximum absolute atomic E-state index is 12.2. The first kappa shape index (κ1) is 15.4. The van der Waals surface area contributed by atoms with Gasteiger partial charge in [0.15, 0.2) is 0 Å². The molecule has 0 bridgehead atoms. The van der Waals surface area contributed by atoms with E-state index in [9.17, 15) is 8.42 Å². The van der Waals surface area contributed by atoms with Crippen molar-refractivity contribution in [1.29, 1.82) is 0 Å². The molecule has 0 aliphatic heterocycles. The van der Waals surface area contributed by atoms with Crippen LogP contribution in [-0.4, -0.2) is 27.7 Å². The molecule has 0 aromatic heterocycles. The molecule has 18 heavy (non-hydrogen) atoms. The molecule has 4 nitrogen and oxygen atoms in total. The number of alkyl halides is 1. The zero-order chi connectivity index (χ0) is 13.6. The third-order valence-electron chi connectivity index (χ3n) is 2.33. The molecule has 0 spiro atoms. The minimum absolute atomic E-state index is 0.164. The summed E-state index contributed by atoms with van der Waals surface area (Å²) < 4.78 is 32.1. The summed E-state index contributed by atoms with van der Waals surface area (Å²) in [5, 5.41) is 0. The maximum Gasteiger partial charge on any atom is 0.241 e. The first-order valence-corrected chi connectivity index (χ1v) is 7.77. The smallest absolute Gasteiger partial charge is 0.241 e. The molecule has 0 aliphatic carbocycles. The van der Waals surface area contributed by atoms with E-state index in [-0.39, 0.29) is 16.8 Å². The molecule has 0 aliphatic rings. The zero-order valence-corrected chi connectivity index (χ0v) is 12.1. The second kappa shape index (κ2) is 7.09. The van der Waals surface area contributed by atoms with Gasteiger partial charge < -0.3 is 4.74 Å².